The molecule has 0 N–H and O–H groups in total. The fourth-order valence-electron chi connectivity index (χ4n) is 5.21. The zero-order valence-electron chi connectivity index (χ0n) is 22.4. The molecular weight excluding hydrogens is 498 g/mol. The van der Waals surface area contributed by atoms with Gasteiger partial charge in [-0.15, -0.1) is 0 Å². The van der Waals surface area contributed by atoms with Gasteiger partial charge in [0.2, 0.25) is 11.9 Å². The number of methoxy groups -OCH3 is 3. The molecule has 1 aliphatic rings. The van der Waals surface area contributed by atoms with E-state index in [1.165, 1.54) is 21.3 Å². The van der Waals surface area contributed by atoms with E-state index in [2.05, 4.69) is 0 Å². The first kappa shape index (κ1) is 26.1. The van der Waals surface area contributed by atoms with Crippen molar-refractivity contribution in [2.75, 3.05) is 39.4 Å². The Balaban J connectivity index is 1.74. The second-order valence-electron chi connectivity index (χ2n) is 9.12. The molecule has 4 aromatic rings. The Morgan fingerprint density at radius 3 is 2.26 bits per heavy atom. The molecule has 0 saturated heterocycles. The van der Waals surface area contributed by atoms with Crippen molar-refractivity contribution < 1.29 is 28.5 Å². The van der Waals surface area contributed by atoms with E-state index in [0.29, 0.717) is 47.2 Å². The number of rotatable bonds is 9. The zero-order chi connectivity index (χ0) is 27.5. The topological polar surface area (TPSA) is 92.1 Å². The number of nitrogens with zero attached hydrogens (tertiary/aromatic N) is 3. The predicted octanol–water partition coefficient (Wildman–Crippen LogP) is 4.42. The maximum absolute atomic E-state index is 14.2. The zero-order valence-corrected chi connectivity index (χ0v) is 22.4. The van der Waals surface area contributed by atoms with Crippen LogP contribution in [0.1, 0.15) is 24.1 Å². The summed E-state index contributed by atoms with van der Waals surface area (Å²) in [5.41, 5.74) is 3.14. The van der Waals surface area contributed by atoms with Gasteiger partial charge in [0.15, 0.2) is 17.4 Å². The number of esters is 1. The minimum Gasteiger partial charge on any atom is -0.496 e. The number of ether oxygens (including phenoxy) is 4. The van der Waals surface area contributed by atoms with Gasteiger partial charge in [0.1, 0.15) is 5.75 Å². The average molecular weight is 530 g/mol. The van der Waals surface area contributed by atoms with Crippen molar-refractivity contribution in [3.8, 4) is 17.2 Å². The van der Waals surface area contributed by atoms with Crippen molar-refractivity contribution in [3.05, 3.63) is 77.9 Å². The molecule has 2 atom stereocenters. The highest BCUT2D eigenvalue weighted by Gasteiger charge is 2.49. The average Bonchev–Trinajstić information content (AvgIpc) is 3.35. The molecule has 2 heterocycles. The third-order valence-corrected chi connectivity index (χ3v) is 7.01. The molecule has 0 saturated carbocycles. The highest BCUT2D eigenvalue weighted by molar-refractivity contribution is 6.08. The lowest BCUT2D eigenvalue weighted by Gasteiger charge is -2.38. The summed E-state index contributed by atoms with van der Waals surface area (Å²) >= 11 is 0. The predicted molar refractivity (Wildman–Crippen MR) is 147 cm³/mol. The Hall–Kier alpha value is -4.53. The summed E-state index contributed by atoms with van der Waals surface area (Å²) in [6, 6.07) is 20.2. The smallest absolute Gasteiger partial charge is 0.321 e. The molecule has 5 rings (SSSR count). The molecular formula is C30H31N3O6. The first-order valence-electron chi connectivity index (χ1n) is 12.8. The number of amides is 1. The van der Waals surface area contributed by atoms with E-state index in [1.807, 2.05) is 59.2 Å². The molecule has 0 spiro atoms. The molecule has 1 aromatic heterocycles. The SMILES string of the molecule is CCOC(=O)[C@@H]1C(=O)N(CCc2ccccc2)c2nc3ccccc3n2[C@@H]1c1cc(OC)c(OC)cc1OC. The van der Waals surface area contributed by atoms with Crippen LogP contribution < -0.4 is 19.1 Å². The molecule has 1 aliphatic heterocycles. The van der Waals surface area contributed by atoms with E-state index in [4.69, 9.17) is 23.9 Å². The van der Waals surface area contributed by atoms with Crippen molar-refractivity contribution in [1.82, 2.24) is 9.55 Å². The van der Waals surface area contributed by atoms with Crippen molar-refractivity contribution in [3.63, 3.8) is 0 Å². The molecule has 0 unspecified atom stereocenters. The molecule has 0 bridgehead atoms. The monoisotopic (exact) mass is 529 g/mol. The highest BCUT2D eigenvalue weighted by Crippen LogP contribution is 2.47. The Morgan fingerprint density at radius 2 is 1.56 bits per heavy atom. The summed E-state index contributed by atoms with van der Waals surface area (Å²) in [4.78, 5) is 34.3. The molecule has 9 heteroatoms. The summed E-state index contributed by atoms with van der Waals surface area (Å²) in [5, 5.41) is 0. The fraction of sp³-hybridized carbons (Fsp3) is 0.300. The number of carbonyl (C=O) groups excluding carboxylic acids is 2. The number of para-hydroxylation sites is 2. The normalized spacial score (nSPS) is 16.6. The highest BCUT2D eigenvalue weighted by atomic mass is 16.5. The van der Waals surface area contributed by atoms with Crippen LogP contribution in [0.15, 0.2) is 66.7 Å². The quantitative estimate of drug-likeness (QED) is 0.234. The van der Waals surface area contributed by atoms with Crippen molar-refractivity contribution in [2.24, 2.45) is 5.92 Å². The van der Waals surface area contributed by atoms with E-state index in [0.717, 1.165) is 11.1 Å². The van der Waals surface area contributed by atoms with Gasteiger partial charge >= 0.3 is 5.97 Å². The van der Waals surface area contributed by atoms with E-state index < -0.39 is 17.9 Å². The Labute approximate surface area is 226 Å². The lowest BCUT2D eigenvalue weighted by atomic mass is 9.88. The Bertz CT molecular complexity index is 1500. The number of fused-ring (bicyclic) bond motifs is 3. The van der Waals surface area contributed by atoms with Crippen LogP contribution in [0.4, 0.5) is 5.95 Å². The maximum Gasteiger partial charge on any atom is 0.321 e. The van der Waals surface area contributed by atoms with Gasteiger partial charge in [0, 0.05) is 18.2 Å². The van der Waals surface area contributed by atoms with E-state index in [1.54, 1.807) is 24.0 Å². The van der Waals surface area contributed by atoms with Gasteiger partial charge < -0.3 is 23.5 Å². The standard InChI is InChI=1S/C30H31N3O6/c1-5-39-29(35)26-27(20-17-24(37-3)25(38-4)18-23(20)36-2)33-22-14-10-9-13-21(22)31-30(33)32(28(26)34)16-15-19-11-7-6-8-12-19/h6-14,17-18,26-27H,5,15-16H2,1-4H3/t26-,27+/m0/s1. The summed E-state index contributed by atoms with van der Waals surface area (Å²) in [6.07, 6.45) is 0.593. The van der Waals surface area contributed by atoms with Crippen molar-refractivity contribution in [1.29, 1.82) is 0 Å². The molecule has 0 aliphatic carbocycles. The number of anilines is 1. The first-order chi connectivity index (χ1) is 19.0. The van der Waals surface area contributed by atoms with Crippen molar-refractivity contribution >= 4 is 28.9 Å². The lowest BCUT2D eigenvalue weighted by molar-refractivity contribution is -0.153. The van der Waals surface area contributed by atoms with Gasteiger partial charge in [-0.3, -0.25) is 14.5 Å². The second-order valence-corrected chi connectivity index (χ2v) is 9.12. The fourth-order valence-corrected chi connectivity index (χ4v) is 5.21. The minimum atomic E-state index is -1.18. The van der Waals surface area contributed by atoms with E-state index >= 15 is 0 Å². The van der Waals surface area contributed by atoms with Crippen LogP contribution in [-0.4, -0.2) is 55.9 Å². The van der Waals surface area contributed by atoms with Crippen LogP contribution >= 0.6 is 0 Å². The van der Waals surface area contributed by atoms with Gasteiger partial charge in [-0.05, 0) is 37.1 Å². The summed E-state index contributed by atoms with van der Waals surface area (Å²) in [6.45, 7) is 2.21. The van der Waals surface area contributed by atoms with Crippen LogP contribution in [0.2, 0.25) is 0 Å². The van der Waals surface area contributed by atoms with E-state index in [9.17, 15) is 9.59 Å². The maximum atomic E-state index is 14.2. The molecule has 0 fully saturated rings. The molecule has 3 aromatic carbocycles. The summed E-state index contributed by atoms with van der Waals surface area (Å²) in [5.74, 6) is -0.362. The van der Waals surface area contributed by atoms with Crippen LogP contribution in [0.25, 0.3) is 11.0 Å². The number of hydrogen-bond acceptors (Lipinski definition) is 7. The number of aromatic nitrogens is 2. The Kier molecular flexibility index (Phi) is 7.40. The number of carbonyl (C=O) groups is 2. The number of imidazole rings is 1. The first-order valence-corrected chi connectivity index (χ1v) is 12.8. The number of hydrogen-bond donors (Lipinski definition) is 0. The van der Waals surface area contributed by atoms with Gasteiger partial charge in [-0.1, -0.05) is 42.5 Å². The third-order valence-electron chi connectivity index (χ3n) is 7.01. The number of benzene rings is 3. The van der Waals surface area contributed by atoms with Crippen LogP contribution in [0, 0.1) is 5.92 Å². The molecule has 202 valence electrons. The van der Waals surface area contributed by atoms with Gasteiger partial charge in [-0.2, -0.15) is 0 Å². The Morgan fingerprint density at radius 1 is 0.897 bits per heavy atom. The van der Waals surface area contributed by atoms with Crippen molar-refractivity contribution in [2.45, 2.75) is 19.4 Å². The molecule has 39 heavy (non-hydrogen) atoms. The van der Waals surface area contributed by atoms with Crippen LogP contribution in [0.3, 0.4) is 0 Å². The van der Waals surface area contributed by atoms with Gasteiger partial charge in [0.25, 0.3) is 0 Å². The van der Waals surface area contributed by atoms with E-state index in [-0.39, 0.29) is 12.5 Å². The minimum absolute atomic E-state index is 0.139. The third kappa shape index (κ3) is 4.65. The molecule has 0 radical (unpaired) electrons. The van der Waals surface area contributed by atoms with Gasteiger partial charge in [-0.25, -0.2) is 4.98 Å². The lowest BCUT2D eigenvalue weighted by Crippen LogP contribution is -2.50. The molecule has 1 amide bonds. The van der Waals surface area contributed by atoms with Crippen LogP contribution in [-0.2, 0) is 20.7 Å². The largest absolute Gasteiger partial charge is 0.496 e. The second kappa shape index (κ2) is 11.1. The van der Waals surface area contributed by atoms with Crippen LogP contribution in [0.5, 0.6) is 17.2 Å². The summed E-state index contributed by atoms with van der Waals surface area (Å²) < 4.78 is 24.2. The van der Waals surface area contributed by atoms with Gasteiger partial charge in [0.05, 0.1) is 45.0 Å². The molecule has 9 nitrogen and oxygen atoms in total. The summed E-state index contributed by atoms with van der Waals surface area (Å²) in [7, 11) is 4.61.